The molecule has 0 radical (unpaired) electrons. The fraction of sp³-hybridized carbons (Fsp3) is 0.500. The van der Waals surface area contributed by atoms with Crippen LogP contribution in [0, 0.1) is 0 Å². The van der Waals surface area contributed by atoms with E-state index >= 15 is 0 Å². The normalized spacial score (nSPS) is 16.6. The zero-order valence-corrected chi connectivity index (χ0v) is 11.3. The van der Waals surface area contributed by atoms with E-state index in [1.54, 1.807) is 0 Å². The molecule has 1 saturated carbocycles. The first-order valence-corrected chi connectivity index (χ1v) is 6.69. The van der Waals surface area contributed by atoms with Crippen LogP contribution < -0.4 is 4.74 Å². The van der Waals surface area contributed by atoms with Crippen LogP contribution >= 0.6 is 0 Å². The minimum atomic E-state index is 0.0108. The minimum Gasteiger partial charge on any atom is -0.501 e. The Hall–Kier alpha value is -1.44. The summed E-state index contributed by atoms with van der Waals surface area (Å²) in [7, 11) is 0. The summed E-state index contributed by atoms with van der Waals surface area (Å²) >= 11 is 0. The lowest BCUT2D eigenvalue weighted by atomic mass is 9.77. The summed E-state index contributed by atoms with van der Waals surface area (Å²) in [4.78, 5) is 0. The molecule has 0 heterocycles. The van der Waals surface area contributed by atoms with Gasteiger partial charge in [-0.1, -0.05) is 18.2 Å². The smallest absolute Gasteiger partial charge is 0.120 e. The van der Waals surface area contributed by atoms with Crippen LogP contribution in [0.5, 0.6) is 5.75 Å². The maximum Gasteiger partial charge on any atom is 0.120 e. The van der Waals surface area contributed by atoms with Gasteiger partial charge in [-0.25, -0.2) is 0 Å². The van der Waals surface area contributed by atoms with Crippen LogP contribution in [0.2, 0.25) is 0 Å². The van der Waals surface area contributed by atoms with Crippen molar-refractivity contribution < 1.29 is 9.47 Å². The Bertz CT molecular complexity index is 387. The third kappa shape index (κ3) is 3.52. The Morgan fingerprint density at radius 1 is 1.22 bits per heavy atom. The molecule has 18 heavy (non-hydrogen) atoms. The van der Waals surface area contributed by atoms with Gasteiger partial charge in [0.2, 0.25) is 0 Å². The molecule has 98 valence electrons. The standard InChI is InChI=1S/C16H22O2/c1-14(2)13-17-12-11-16(9-6-10-16)18-15-7-4-3-5-8-15/h3-5,7-8,13H,6,9-12H2,1-2H3. The molecule has 0 amide bonds. The molecule has 1 aromatic carbocycles. The number of ether oxygens (including phenoxy) is 2. The lowest BCUT2D eigenvalue weighted by Crippen LogP contribution is -2.44. The van der Waals surface area contributed by atoms with Gasteiger partial charge in [-0.05, 0) is 50.8 Å². The quantitative estimate of drug-likeness (QED) is 0.550. The van der Waals surface area contributed by atoms with Crippen molar-refractivity contribution >= 4 is 0 Å². The second-order valence-corrected chi connectivity index (χ2v) is 5.27. The van der Waals surface area contributed by atoms with Crippen LogP contribution in [-0.2, 0) is 4.74 Å². The zero-order chi connectivity index (χ0) is 12.8. The van der Waals surface area contributed by atoms with Gasteiger partial charge in [0.05, 0.1) is 12.9 Å². The summed E-state index contributed by atoms with van der Waals surface area (Å²) in [6.45, 7) is 4.82. The van der Waals surface area contributed by atoms with Crippen LogP contribution in [0.3, 0.4) is 0 Å². The van der Waals surface area contributed by atoms with Gasteiger partial charge in [0.25, 0.3) is 0 Å². The van der Waals surface area contributed by atoms with Crippen molar-refractivity contribution in [2.24, 2.45) is 0 Å². The highest BCUT2D eigenvalue weighted by Gasteiger charge is 2.39. The summed E-state index contributed by atoms with van der Waals surface area (Å²) in [6.07, 6.45) is 6.33. The largest absolute Gasteiger partial charge is 0.501 e. The fourth-order valence-electron chi connectivity index (χ4n) is 2.18. The Kier molecular flexibility index (Phi) is 4.29. The van der Waals surface area contributed by atoms with Crippen molar-refractivity contribution in [1.82, 2.24) is 0 Å². The molecule has 0 atom stereocenters. The van der Waals surface area contributed by atoms with Crippen molar-refractivity contribution in [3.63, 3.8) is 0 Å². The van der Waals surface area contributed by atoms with Gasteiger partial charge in [0.15, 0.2) is 0 Å². The molecule has 0 bridgehead atoms. The zero-order valence-electron chi connectivity index (χ0n) is 11.3. The third-order valence-electron chi connectivity index (χ3n) is 3.34. The van der Waals surface area contributed by atoms with Gasteiger partial charge in [0, 0.05) is 6.42 Å². The molecule has 0 aromatic heterocycles. The molecule has 0 spiro atoms. The van der Waals surface area contributed by atoms with Crippen molar-refractivity contribution in [3.8, 4) is 5.75 Å². The molecule has 0 N–H and O–H groups in total. The van der Waals surface area contributed by atoms with Crippen molar-refractivity contribution in [1.29, 1.82) is 0 Å². The van der Waals surface area contributed by atoms with Gasteiger partial charge in [-0.3, -0.25) is 0 Å². The molecule has 0 saturated heterocycles. The van der Waals surface area contributed by atoms with Gasteiger partial charge in [-0.2, -0.15) is 0 Å². The van der Waals surface area contributed by atoms with Gasteiger partial charge >= 0.3 is 0 Å². The van der Waals surface area contributed by atoms with E-state index in [9.17, 15) is 0 Å². The number of allylic oxidation sites excluding steroid dienone is 1. The van der Waals surface area contributed by atoms with Crippen molar-refractivity contribution in [2.45, 2.75) is 45.1 Å². The van der Waals surface area contributed by atoms with Gasteiger partial charge in [0.1, 0.15) is 11.4 Å². The molecular weight excluding hydrogens is 224 g/mol. The summed E-state index contributed by atoms with van der Waals surface area (Å²) < 4.78 is 11.7. The van der Waals surface area contributed by atoms with E-state index in [4.69, 9.17) is 9.47 Å². The predicted molar refractivity (Wildman–Crippen MR) is 73.7 cm³/mol. The number of rotatable bonds is 6. The van der Waals surface area contributed by atoms with E-state index < -0.39 is 0 Å². The third-order valence-corrected chi connectivity index (χ3v) is 3.34. The first-order chi connectivity index (χ1) is 8.70. The Labute approximate surface area is 110 Å². The van der Waals surface area contributed by atoms with E-state index in [0.717, 1.165) is 31.6 Å². The molecule has 0 aliphatic heterocycles. The van der Waals surface area contributed by atoms with Crippen LogP contribution in [0.1, 0.15) is 39.5 Å². The molecule has 2 heteroatoms. The monoisotopic (exact) mass is 246 g/mol. The second kappa shape index (κ2) is 5.94. The van der Waals surface area contributed by atoms with Gasteiger partial charge < -0.3 is 9.47 Å². The fourth-order valence-corrected chi connectivity index (χ4v) is 2.18. The van der Waals surface area contributed by atoms with Crippen molar-refractivity contribution in [3.05, 3.63) is 42.2 Å². The molecule has 1 aliphatic rings. The molecule has 1 aromatic rings. The predicted octanol–water partition coefficient (Wildman–Crippen LogP) is 4.32. The lowest BCUT2D eigenvalue weighted by molar-refractivity contribution is -0.0280. The van der Waals surface area contributed by atoms with E-state index in [-0.39, 0.29) is 5.60 Å². The maximum absolute atomic E-state index is 6.14. The number of para-hydroxylation sites is 1. The van der Waals surface area contributed by atoms with E-state index in [0.29, 0.717) is 0 Å². The number of benzene rings is 1. The average molecular weight is 246 g/mol. The maximum atomic E-state index is 6.14. The van der Waals surface area contributed by atoms with E-state index in [2.05, 4.69) is 0 Å². The molecular formula is C16H22O2. The van der Waals surface area contributed by atoms with E-state index in [1.807, 2.05) is 50.4 Å². The first kappa shape index (κ1) is 13.0. The SMILES string of the molecule is CC(C)=COCCC1(Oc2ccccc2)CCC1. The molecule has 2 rings (SSSR count). The Balaban J connectivity index is 1.85. The Morgan fingerprint density at radius 3 is 2.50 bits per heavy atom. The summed E-state index contributed by atoms with van der Waals surface area (Å²) in [5, 5.41) is 0. The molecule has 1 fully saturated rings. The van der Waals surface area contributed by atoms with Crippen molar-refractivity contribution in [2.75, 3.05) is 6.61 Å². The summed E-state index contributed by atoms with van der Waals surface area (Å²) in [5.41, 5.74) is 1.21. The number of hydrogen-bond donors (Lipinski definition) is 0. The Morgan fingerprint density at radius 2 is 1.94 bits per heavy atom. The van der Waals surface area contributed by atoms with Crippen LogP contribution in [0.15, 0.2) is 42.2 Å². The highest BCUT2D eigenvalue weighted by molar-refractivity contribution is 5.22. The average Bonchev–Trinajstić information content (AvgIpc) is 2.32. The molecule has 0 unspecified atom stereocenters. The topological polar surface area (TPSA) is 18.5 Å². The highest BCUT2D eigenvalue weighted by Crippen LogP contribution is 2.39. The summed E-state index contributed by atoms with van der Waals surface area (Å²) in [5.74, 6) is 0.972. The van der Waals surface area contributed by atoms with Gasteiger partial charge in [-0.15, -0.1) is 0 Å². The van der Waals surface area contributed by atoms with E-state index in [1.165, 1.54) is 12.0 Å². The molecule has 2 nitrogen and oxygen atoms in total. The van der Waals surface area contributed by atoms with Crippen LogP contribution in [-0.4, -0.2) is 12.2 Å². The summed E-state index contributed by atoms with van der Waals surface area (Å²) in [6, 6.07) is 10.1. The molecule has 1 aliphatic carbocycles. The lowest BCUT2D eigenvalue weighted by Gasteiger charge is -2.41. The highest BCUT2D eigenvalue weighted by atomic mass is 16.5. The van der Waals surface area contributed by atoms with Crippen LogP contribution in [0.25, 0.3) is 0 Å². The second-order valence-electron chi connectivity index (χ2n) is 5.27. The first-order valence-electron chi connectivity index (χ1n) is 6.69. The van der Waals surface area contributed by atoms with Crippen LogP contribution in [0.4, 0.5) is 0 Å². The number of hydrogen-bond acceptors (Lipinski definition) is 2. The minimum absolute atomic E-state index is 0.0108.